The van der Waals surface area contributed by atoms with E-state index in [0.717, 1.165) is 16.8 Å². The summed E-state index contributed by atoms with van der Waals surface area (Å²) in [5.74, 6) is 1.44. The average Bonchev–Trinajstić information content (AvgIpc) is 2.00. The summed E-state index contributed by atoms with van der Waals surface area (Å²) >= 11 is 0. The van der Waals surface area contributed by atoms with Gasteiger partial charge in [0.1, 0.15) is 0 Å². The molecule has 1 fully saturated rings. The lowest BCUT2D eigenvalue weighted by Gasteiger charge is -2.25. The Hall–Kier alpha value is 0.210. The summed E-state index contributed by atoms with van der Waals surface area (Å²) in [5.41, 5.74) is -0.497. The van der Waals surface area contributed by atoms with Crippen LogP contribution in [0.5, 0.6) is 0 Å². The van der Waals surface area contributed by atoms with Gasteiger partial charge in [0.15, 0.2) is 0 Å². The van der Waals surface area contributed by atoms with Gasteiger partial charge >= 0.3 is 0 Å². The minimum atomic E-state index is -0.497. The topological polar surface area (TPSA) is 20.2 Å². The van der Waals surface area contributed by atoms with Gasteiger partial charge in [-0.2, -0.15) is 0 Å². The predicted molar refractivity (Wildman–Crippen MR) is 55.4 cm³/mol. The molecule has 0 aromatic heterocycles. The van der Waals surface area contributed by atoms with Gasteiger partial charge in [-0.3, -0.25) is 0 Å². The van der Waals surface area contributed by atoms with Crippen LogP contribution in [0.2, 0.25) is 0 Å². The molecule has 2 atom stereocenters. The molecule has 1 saturated heterocycles. The Balaban J connectivity index is 0.00000169. The third kappa shape index (κ3) is 4.16. The molecule has 3 heteroatoms. The van der Waals surface area contributed by atoms with Crippen molar-refractivity contribution in [2.75, 3.05) is 27.2 Å². The normalized spacial score (nSPS) is 31.3. The van der Waals surface area contributed by atoms with Crippen molar-refractivity contribution in [2.45, 2.75) is 32.8 Å². The van der Waals surface area contributed by atoms with E-state index in [1.165, 1.54) is 13.1 Å². The summed E-state index contributed by atoms with van der Waals surface area (Å²) in [6.07, 6.45) is 0.940. The Morgan fingerprint density at radius 3 is 2.07 bits per heavy atom. The molecular weight excluding hydrogens is 198 g/mol. The lowest BCUT2D eigenvalue weighted by Crippen LogP contribution is -3.00. The molecule has 1 N–H and O–H groups in total. The van der Waals surface area contributed by atoms with Crippen LogP contribution in [0.25, 0.3) is 0 Å². The van der Waals surface area contributed by atoms with Crippen LogP contribution in [-0.4, -0.2) is 42.4 Å². The molecule has 0 saturated carbocycles. The zero-order chi connectivity index (χ0) is 10.3. The average molecular weight is 222 g/mol. The molecule has 0 spiro atoms. The van der Waals surface area contributed by atoms with Crippen LogP contribution >= 0.6 is 0 Å². The lowest BCUT2D eigenvalue weighted by molar-refractivity contribution is -0.880. The molecule has 1 aliphatic rings. The number of halogens is 1. The highest BCUT2D eigenvalue weighted by atomic mass is 35.5. The summed E-state index contributed by atoms with van der Waals surface area (Å²) < 4.78 is 1.11. The SMILES string of the molecule is C[C@H]1C[N+](C)(C)C[C@@H]1CC(C)(C)O.[Cl-]. The van der Waals surface area contributed by atoms with Gasteiger partial charge in [0.2, 0.25) is 0 Å². The minimum absolute atomic E-state index is 0. The summed E-state index contributed by atoms with van der Waals surface area (Å²) in [7, 11) is 4.56. The van der Waals surface area contributed by atoms with E-state index >= 15 is 0 Å². The Bertz CT molecular complexity index is 186. The van der Waals surface area contributed by atoms with Crippen LogP contribution in [0.3, 0.4) is 0 Å². The molecular formula is C11H24ClNO. The zero-order valence-corrected chi connectivity index (χ0v) is 10.8. The van der Waals surface area contributed by atoms with E-state index in [2.05, 4.69) is 21.0 Å². The maximum atomic E-state index is 9.76. The van der Waals surface area contributed by atoms with Gasteiger partial charge in [0, 0.05) is 11.8 Å². The third-order valence-electron chi connectivity index (χ3n) is 3.08. The number of rotatable bonds is 2. The van der Waals surface area contributed by atoms with Crippen molar-refractivity contribution in [3.05, 3.63) is 0 Å². The molecule has 0 aromatic carbocycles. The lowest BCUT2D eigenvalue weighted by atomic mass is 9.87. The molecule has 86 valence electrons. The molecule has 0 unspecified atom stereocenters. The number of hydrogen-bond acceptors (Lipinski definition) is 1. The molecule has 1 rings (SSSR count). The number of hydrogen-bond donors (Lipinski definition) is 1. The maximum absolute atomic E-state index is 9.76. The molecule has 0 bridgehead atoms. The Morgan fingerprint density at radius 2 is 1.79 bits per heavy atom. The predicted octanol–water partition coefficient (Wildman–Crippen LogP) is -1.51. The van der Waals surface area contributed by atoms with Crippen molar-refractivity contribution < 1.29 is 22.0 Å². The van der Waals surface area contributed by atoms with E-state index in [9.17, 15) is 5.11 Å². The quantitative estimate of drug-likeness (QED) is 0.563. The Kier molecular flexibility index (Phi) is 4.44. The fourth-order valence-corrected chi connectivity index (χ4v) is 2.73. The first-order valence-electron chi connectivity index (χ1n) is 5.24. The van der Waals surface area contributed by atoms with Crippen LogP contribution in [0.4, 0.5) is 0 Å². The van der Waals surface area contributed by atoms with Gasteiger partial charge in [-0.05, 0) is 20.3 Å². The summed E-state index contributed by atoms with van der Waals surface area (Å²) in [4.78, 5) is 0. The molecule has 0 amide bonds. The van der Waals surface area contributed by atoms with Crippen molar-refractivity contribution in [1.82, 2.24) is 0 Å². The van der Waals surface area contributed by atoms with Crippen LogP contribution < -0.4 is 12.4 Å². The van der Waals surface area contributed by atoms with Gasteiger partial charge in [-0.15, -0.1) is 0 Å². The smallest absolute Gasteiger partial charge is 0.0817 e. The third-order valence-corrected chi connectivity index (χ3v) is 3.08. The van der Waals surface area contributed by atoms with Crippen molar-refractivity contribution in [1.29, 1.82) is 0 Å². The molecule has 1 heterocycles. The Labute approximate surface area is 94.3 Å². The van der Waals surface area contributed by atoms with Gasteiger partial charge in [-0.1, -0.05) is 6.92 Å². The first-order valence-corrected chi connectivity index (χ1v) is 5.24. The molecule has 0 aromatic rings. The van der Waals surface area contributed by atoms with Crippen LogP contribution in [-0.2, 0) is 0 Å². The van der Waals surface area contributed by atoms with Crippen LogP contribution in [0.1, 0.15) is 27.2 Å². The standard InChI is InChI=1S/C11H24NO.ClH/c1-9-7-12(4,5)8-10(9)6-11(2,3)13;/h9-10,13H,6-8H2,1-5H3;1H/q+1;/p-1/t9-,10-;/m0./s1. The fraction of sp³-hybridized carbons (Fsp3) is 1.00. The van der Waals surface area contributed by atoms with Crippen molar-refractivity contribution in [2.24, 2.45) is 11.8 Å². The first kappa shape index (κ1) is 14.2. The van der Waals surface area contributed by atoms with Gasteiger partial charge < -0.3 is 22.0 Å². The second-order valence-electron chi connectivity index (χ2n) is 6.05. The molecule has 2 nitrogen and oxygen atoms in total. The molecule has 0 radical (unpaired) electrons. The zero-order valence-electron chi connectivity index (χ0n) is 10.0. The minimum Gasteiger partial charge on any atom is -1.00 e. The van der Waals surface area contributed by atoms with Gasteiger partial charge in [0.05, 0.1) is 32.8 Å². The van der Waals surface area contributed by atoms with E-state index in [-0.39, 0.29) is 12.4 Å². The highest BCUT2D eigenvalue weighted by Crippen LogP contribution is 2.32. The fourth-order valence-electron chi connectivity index (χ4n) is 2.73. The molecule has 14 heavy (non-hydrogen) atoms. The van der Waals surface area contributed by atoms with Crippen molar-refractivity contribution in [3.8, 4) is 0 Å². The van der Waals surface area contributed by atoms with Crippen LogP contribution in [0, 0.1) is 11.8 Å². The van der Waals surface area contributed by atoms with Gasteiger partial charge in [-0.25, -0.2) is 0 Å². The molecule has 0 aliphatic carbocycles. The number of quaternary nitrogens is 1. The van der Waals surface area contributed by atoms with E-state index in [0.29, 0.717) is 5.92 Å². The number of likely N-dealkylation sites (tertiary alicyclic amines) is 1. The van der Waals surface area contributed by atoms with Crippen molar-refractivity contribution in [3.63, 3.8) is 0 Å². The summed E-state index contributed by atoms with van der Waals surface area (Å²) in [6.45, 7) is 8.60. The first-order chi connectivity index (χ1) is 5.70. The maximum Gasteiger partial charge on any atom is 0.0817 e. The van der Waals surface area contributed by atoms with Crippen LogP contribution in [0.15, 0.2) is 0 Å². The van der Waals surface area contributed by atoms with E-state index < -0.39 is 5.60 Å². The Morgan fingerprint density at radius 1 is 1.29 bits per heavy atom. The largest absolute Gasteiger partial charge is 1.00 e. The summed E-state index contributed by atoms with van der Waals surface area (Å²) in [6, 6.07) is 0. The summed E-state index contributed by atoms with van der Waals surface area (Å²) in [5, 5.41) is 9.76. The second kappa shape index (κ2) is 4.38. The molecule has 1 aliphatic heterocycles. The van der Waals surface area contributed by atoms with E-state index in [4.69, 9.17) is 0 Å². The highest BCUT2D eigenvalue weighted by molar-refractivity contribution is 4.79. The monoisotopic (exact) mass is 221 g/mol. The second-order valence-corrected chi connectivity index (χ2v) is 6.05. The highest BCUT2D eigenvalue weighted by Gasteiger charge is 2.39. The van der Waals surface area contributed by atoms with Crippen molar-refractivity contribution >= 4 is 0 Å². The van der Waals surface area contributed by atoms with E-state index in [1.807, 2.05) is 13.8 Å². The van der Waals surface area contributed by atoms with Gasteiger partial charge in [0.25, 0.3) is 0 Å². The number of aliphatic hydroxyl groups is 1. The van der Waals surface area contributed by atoms with E-state index in [1.54, 1.807) is 0 Å². The number of nitrogens with zero attached hydrogens (tertiary/aromatic N) is 1.